The van der Waals surface area contributed by atoms with Gasteiger partial charge in [-0.25, -0.2) is 0 Å². The van der Waals surface area contributed by atoms with Gasteiger partial charge in [0.15, 0.2) is 0 Å². The first-order valence-electron chi connectivity index (χ1n) is 8.02. The van der Waals surface area contributed by atoms with Crippen LogP contribution in [-0.4, -0.2) is 60.8 Å². The number of aromatic amines is 1. The number of aryl methyl sites for hydroxylation is 1. The van der Waals surface area contributed by atoms with Crippen LogP contribution in [-0.2, 0) is 6.54 Å². The molecule has 0 aliphatic carbocycles. The van der Waals surface area contributed by atoms with Crippen LogP contribution in [0.4, 0.5) is 13.2 Å². The third kappa shape index (κ3) is 3.67. The summed E-state index contributed by atoms with van der Waals surface area (Å²) in [5.74, 6) is 0.831. The summed E-state index contributed by atoms with van der Waals surface area (Å²) < 4.78 is 43.0. The van der Waals surface area contributed by atoms with Crippen LogP contribution in [0.5, 0.6) is 5.75 Å². The lowest BCUT2D eigenvalue weighted by Crippen LogP contribution is -2.48. The van der Waals surface area contributed by atoms with Gasteiger partial charge in [0.2, 0.25) is 0 Å². The lowest BCUT2D eigenvalue weighted by molar-refractivity contribution is -0.149. The van der Waals surface area contributed by atoms with Crippen molar-refractivity contribution in [1.29, 1.82) is 0 Å². The van der Waals surface area contributed by atoms with Gasteiger partial charge in [-0.05, 0) is 24.6 Å². The second-order valence-corrected chi connectivity index (χ2v) is 6.31. The number of alkyl halides is 3. The molecule has 1 fully saturated rings. The van der Waals surface area contributed by atoms with Gasteiger partial charge in [0.25, 0.3) is 0 Å². The Labute approximate surface area is 139 Å². The van der Waals surface area contributed by atoms with Crippen molar-refractivity contribution in [1.82, 2.24) is 14.8 Å². The predicted octanol–water partition coefficient (Wildman–Crippen LogP) is 3.16. The molecule has 0 amide bonds. The summed E-state index contributed by atoms with van der Waals surface area (Å²) >= 11 is 0. The van der Waals surface area contributed by atoms with Crippen molar-refractivity contribution >= 4 is 10.9 Å². The SMILES string of the molecule is COc1cc(C)c2[nH]ccc2c1CN1CCN(CC(F)(F)F)CC1. The monoisotopic (exact) mass is 341 g/mol. The Hall–Kier alpha value is -1.73. The van der Waals surface area contributed by atoms with Gasteiger partial charge in [-0.15, -0.1) is 0 Å². The molecule has 1 aromatic heterocycles. The Bertz CT molecular complexity index is 703. The molecule has 1 aliphatic rings. The molecule has 2 heterocycles. The van der Waals surface area contributed by atoms with Crippen LogP contribution in [0.2, 0.25) is 0 Å². The number of halogens is 3. The summed E-state index contributed by atoms with van der Waals surface area (Å²) in [6, 6.07) is 4.04. The molecule has 1 aromatic carbocycles. The van der Waals surface area contributed by atoms with Crippen molar-refractivity contribution in [3.8, 4) is 5.75 Å². The van der Waals surface area contributed by atoms with Crippen molar-refractivity contribution in [2.75, 3.05) is 39.8 Å². The smallest absolute Gasteiger partial charge is 0.401 e. The van der Waals surface area contributed by atoms with E-state index >= 15 is 0 Å². The number of nitrogens with zero attached hydrogens (tertiary/aromatic N) is 2. The van der Waals surface area contributed by atoms with Gasteiger partial charge >= 0.3 is 6.18 Å². The van der Waals surface area contributed by atoms with E-state index in [4.69, 9.17) is 4.74 Å². The third-order valence-electron chi connectivity index (χ3n) is 4.58. The van der Waals surface area contributed by atoms with Crippen molar-refractivity contribution < 1.29 is 17.9 Å². The Morgan fingerprint density at radius 1 is 1.17 bits per heavy atom. The van der Waals surface area contributed by atoms with E-state index in [2.05, 4.69) is 9.88 Å². The minimum absolute atomic E-state index is 0.434. The number of benzene rings is 1. The second kappa shape index (κ2) is 6.64. The van der Waals surface area contributed by atoms with Gasteiger partial charge in [-0.3, -0.25) is 9.80 Å². The zero-order valence-electron chi connectivity index (χ0n) is 13.9. The average molecular weight is 341 g/mol. The third-order valence-corrected chi connectivity index (χ3v) is 4.58. The molecule has 0 atom stereocenters. The molecule has 7 heteroatoms. The molecule has 24 heavy (non-hydrogen) atoms. The molecule has 0 radical (unpaired) electrons. The van der Waals surface area contributed by atoms with Gasteiger partial charge in [0.05, 0.1) is 13.7 Å². The Balaban J connectivity index is 1.72. The fourth-order valence-electron chi connectivity index (χ4n) is 3.36. The van der Waals surface area contributed by atoms with Crippen LogP contribution in [0.15, 0.2) is 18.3 Å². The number of fused-ring (bicyclic) bond motifs is 1. The van der Waals surface area contributed by atoms with E-state index in [9.17, 15) is 13.2 Å². The van der Waals surface area contributed by atoms with Crippen molar-refractivity contribution in [2.45, 2.75) is 19.6 Å². The van der Waals surface area contributed by atoms with E-state index in [1.54, 1.807) is 7.11 Å². The minimum Gasteiger partial charge on any atom is -0.496 e. The van der Waals surface area contributed by atoms with Crippen molar-refractivity contribution in [3.05, 3.63) is 29.5 Å². The Kier molecular flexibility index (Phi) is 4.73. The van der Waals surface area contributed by atoms with E-state index < -0.39 is 12.7 Å². The standard InChI is InChI=1S/C17H22F3N3O/c1-12-9-15(24-2)14(13-3-4-21-16(12)13)10-22-5-7-23(8-6-22)11-17(18,19)20/h3-4,9,21H,5-8,10-11H2,1-2H3. The molecule has 0 unspecified atom stereocenters. The first-order chi connectivity index (χ1) is 11.4. The minimum atomic E-state index is -4.13. The van der Waals surface area contributed by atoms with Crippen molar-refractivity contribution in [3.63, 3.8) is 0 Å². The van der Waals surface area contributed by atoms with E-state index in [0.29, 0.717) is 32.7 Å². The van der Waals surface area contributed by atoms with Crippen LogP contribution >= 0.6 is 0 Å². The van der Waals surface area contributed by atoms with Crippen LogP contribution in [0.3, 0.4) is 0 Å². The molecule has 0 saturated carbocycles. The molecule has 0 bridgehead atoms. The van der Waals surface area contributed by atoms with Crippen LogP contribution in [0.25, 0.3) is 10.9 Å². The summed E-state index contributed by atoms with van der Waals surface area (Å²) in [7, 11) is 1.65. The molecule has 1 saturated heterocycles. The number of hydrogen-bond acceptors (Lipinski definition) is 3. The second-order valence-electron chi connectivity index (χ2n) is 6.31. The number of H-pyrrole nitrogens is 1. The van der Waals surface area contributed by atoms with Crippen molar-refractivity contribution in [2.24, 2.45) is 0 Å². The molecular weight excluding hydrogens is 319 g/mol. The molecule has 132 valence electrons. The number of aromatic nitrogens is 1. The zero-order chi connectivity index (χ0) is 17.3. The molecule has 0 spiro atoms. The quantitative estimate of drug-likeness (QED) is 0.927. The summed E-state index contributed by atoms with van der Waals surface area (Å²) in [4.78, 5) is 6.90. The molecule has 3 rings (SSSR count). The first-order valence-corrected chi connectivity index (χ1v) is 8.02. The lowest BCUT2D eigenvalue weighted by Gasteiger charge is -2.35. The van der Waals surface area contributed by atoms with E-state index in [-0.39, 0.29) is 0 Å². The maximum Gasteiger partial charge on any atom is 0.401 e. The largest absolute Gasteiger partial charge is 0.496 e. The van der Waals surface area contributed by atoms with Gasteiger partial charge < -0.3 is 9.72 Å². The summed E-state index contributed by atoms with van der Waals surface area (Å²) in [5.41, 5.74) is 3.29. The van der Waals surface area contributed by atoms with E-state index in [1.807, 2.05) is 25.3 Å². The Morgan fingerprint density at radius 3 is 2.46 bits per heavy atom. The number of piperazine rings is 1. The average Bonchev–Trinajstić information content (AvgIpc) is 3.00. The number of methoxy groups -OCH3 is 1. The maximum absolute atomic E-state index is 12.5. The highest BCUT2D eigenvalue weighted by atomic mass is 19.4. The van der Waals surface area contributed by atoms with Gasteiger partial charge in [0.1, 0.15) is 5.75 Å². The predicted molar refractivity (Wildman–Crippen MR) is 87.4 cm³/mol. The number of nitrogens with one attached hydrogen (secondary N) is 1. The summed E-state index contributed by atoms with van der Waals surface area (Å²) in [5, 5.41) is 1.12. The normalized spacial score (nSPS) is 17.5. The maximum atomic E-state index is 12.5. The zero-order valence-corrected chi connectivity index (χ0v) is 13.9. The van der Waals surface area contributed by atoms with Crippen LogP contribution < -0.4 is 4.74 Å². The molecular formula is C17H22F3N3O. The van der Waals surface area contributed by atoms with Gasteiger partial charge in [-0.1, -0.05) is 0 Å². The van der Waals surface area contributed by atoms with Gasteiger partial charge in [0, 0.05) is 55.4 Å². The Morgan fingerprint density at radius 2 is 1.83 bits per heavy atom. The van der Waals surface area contributed by atoms with Gasteiger partial charge in [-0.2, -0.15) is 13.2 Å². The molecule has 1 aliphatic heterocycles. The molecule has 2 aromatic rings. The number of hydrogen-bond donors (Lipinski definition) is 1. The highest BCUT2D eigenvalue weighted by Gasteiger charge is 2.32. The fourth-order valence-corrected chi connectivity index (χ4v) is 3.36. The lowest BCUT2D eigenvalue weighted by atomic mass is 10.0. The fraction of sp³-hybridized carbons (Fsp3) is 0.529. The highest BCUT2D eigenvalue weighted by molar-refractivity contribution is 5.88. The van der Waals surface area contributed by atoms with Crippen LogP contribution in [0, 0.1) is 6.92 Å². The summed E-state index contributed by atoms with van der Waals surface area (Å²) in [6.07, 6.45) is -2.22. The number of rotatable bonds is 4. The summed E-state index contributed by atoms with van der Waals surface area (Å²) in [6.45, 7) is 4.00. The first kappa shape index (κ1) is 17.1. The molecule has 4 nitrogen and oxygen atoms in total. The molecule has 1 N–H and O–H groups in total. The highest BCUT2D eigenvalue weighted by Crippen LogP contribution is 2.31. The topological polar surface area (TPSA) is 31.5 Å². The number of ether oxygens (including phenoxy) is 1. The van der Waals surface area contributed by atoms with E-state index in [0.717, 1.165) is 27.8 Å². The van der Waals surface area contributed by atoms with E-state index in [1.165, 1.54) is 4.90 Å². The van der Waals surface area contributed by atoms with Crippen LogP contribution in [0.1, 0.15) is 11.1 Å².